The summed E-state index contributed by atoms with van der Waals surface area (Å²) in [5, 5.41) is 3.82. The third kappa shape index (κ3) is 2.01. The molecule has 2 heterocycles. The zero-order valence-corrected chi connectivity index (χ0v) is 10.0. The van der Waals surface area contributed by atoms with E-state index < -0.39 is 24.2 Å². The van der Waals surface area contributed by atoms with E-state index in [-0.39, 0.29) is 5.65 Å². The molecular formula is C9H6BrF4N3. The highest BCUT2D eigenvalue weighted by Crippen LogP contribution is 2.29. The fourth-order valence-corrected chi connectivity index (χ4v) is 1.74. The van der Waals surface area contributed by atoms with Gasteiger partial charge in [0.05, 0.1) is 10.2 Å². The van der Waals surface area contributed by atoms with Gasteiger partial charge in [-0.3, -0.25) is 0 Å². The molecule has 0 unspecified atom stereocenters. The van der Waals surface area contributed by atoms with Crippen molar-refractivity contribution in [2.45, 2.75) is 19.8 Å². The topological polar surface area (TPSA) is 30.2 Å². The van der Waals surface area contributed by atoms with Crippen LogP contribution in [0.3, 0.4) is 0 Å². The second kappa shape index (κ2) is 4.25. The number of nitrogens with zero attached hydrogens (tertiary/aromatic N) is 3. The van der Waals surface area contributed by atoms with E-state index >= 15 is 0 Å². The van der Waals surface area contributed by atoms with Gasteiger partial charge in [0.15, 0.2) is 5.65 Å². The van der Waals surface area contributed by atoms with Crippen molar-refractivity contribution in [3.8, 4) is 0 Å². The van der Waals surface area contributed by atoms with Crippen LogP contribution in [0.15, 0.2) is 10.5 Å². The maximum Gasteiger partial charge on any atom is 0.280 e. The van der Waals surface area contributed by atoms with Crippen LogP contribution in [-0.2, 0) is 0 Å². The van der Waals surface area contributed by atoms with Gasteiger partial charge in [-0.05, 0) is 28.9 Å². The molecule has 2 rings (SSSR count). The molecule has 0 aliphatic carbocycles. The van der Waals surface area contributed by atoms with Gasteiger partial charge >= 0.3 is 0 Å². The van der Waals surface area contributed by atoms with Gasteiger partial charge in [-0.2, -0.15) is 5.10 Å². The van der Waals surface area contributed by atoms with Gasteiger partial charge in [0, 0.05) is 0 Å². The lowest BCUT2D eigenvalue weighted by Crippen LogP contribution is -2.04. The Morgan fingerprint density at radius 3 is 2.41 bits per heavy atom. The fraction of sp³-hybridized carbons (Fsp3) is 0.333. The molecule has 0 atom stereocenters. The predicted octanol–water partition coefficient (Wildman–Crippen LogP) is 3.68. The van der Waals surface area contributed by atoms with Crippen molar-refractivity contribution in [1.82, 2.24) is 14.6 Å². The summed E-state index contributed by atoms with van der Waals surface area (Å²) in [5.41, 5.74) is -0.908. The zero-order chi connectivity index (χ0) is 12.7. The SMILES string of the molecule is Cc1nn2c(C(F)F)cc(C(F)F)nc2c1Br. The lowest BCUT2D eigenvalue weighted by molar-refractivity contribution is 0.135. The smallest absolute Gasteiger partial charge is 0.226 e. The first kappa shape index (κ1) is 12.3. The summed E-state index contributed by atoms with van der Waals surface area (Å²) in [6.07, 6.45) is -5.80. The normalized spacial score (nSPS) is 12.0. The highest BCUT2D eigenvalue weighted by atomic mass is 79.9. The van der Waals surface area contributed by atoms with Gasteiger partial charge in [-0.15, -0.1) is 0 Å². The first-order valence-corrected chi connectivity index (χ1v) is 5.33. The van der Waals surface area contributed by atoms with Crippen LogP contribution in [0, 0.1) is 6.92 Å². The van der Waals surface area contributed by atoms with Crippen LogP contribution >= 0.6 is 15.9 Å². The molecule has 2 aromatic heterocycles. The Hall–Kier alpha value is -1.18. The van der Waals surface area contributed by atoms with Crippen molar-refractivity contribution in [1.29, 1.82) is 0 Å². The summed E-state index contributed by atoms with van der Waals surface area (Å²) in [4.78, 5) is 3.61. The third-order valence-electron chi connectivity index (χ3n) is 2.19. The minimum absolute atomic E-state index is 0.0319. The highest BCUT2D eigenvalue weighted by Gasteiger charge is 2.21. The van der Waals surface area contributed by atoms with E-state index in [1.54, 1.807) is 6.92 Å². The third-order valence-corrected chi connectivity index (χ3v) is 3.12. The number of rotatable bonds is 2. The van der Waals surface area contributed by atoms with Crippen LogP contribution in [-0.4, -0.2) is 14.6 Å². The molecule has 2 aromatic rings. The van der Waals surface area contributed by atoms with Gasteiger partial charge in [-0.1, -0.05) is 0 Å². The van der Waals surface area contributed by atoms with Crippen LogP contribution in [0.25, 0.3) is 5.65 Å². The Balaban J connectivity index is 2.81. The molecule has 17 heavy (non-hydrogen) atoms. The molecule has 0 aromatic carbocycles. The zero-order valence-electron chi connectivity index (χ0n) is 8.46. The number of halogens is 5. The second-order valence-electron chi connectivity index (χ2n) is 3.34. The molecule has 92 valence electrons. The molecule has 0 saturated carbocycles. The Morgan fingerprint density at radius 1 is 1.24 bits per heavy atom. The van der Waals surface area contributed by atoms with E-state index in [4.69, 9.17) is 0 Å². The molecule has 0 fully saturated rings. The summed E-state index contributed by atoms with van der Waals surface area (Å²) < 4.78 is 51.7. The van der Waals surface area contributed by atoms with E-state index in [1.807, 2.05) is 0 Å². The van der Waals surface area contributed by atoms with Gasteiger partial charge in [0.1, 0.15) is 11.4 Å². The van der Waals surface area contributed by atoms with Gasteiger partial charge < -0.3 is 0 Å². The molecule has 0 radical (unpaired) electrons. The minimum Gasteiger partial charge on any atom is -0.226 e. The number of hydrogen-bond donors (Lipinski definition) is 0. The molecule has 0 aliphatic heterocycles. The second-order valence-corrected chi connectivity index (χ2v) is 4.14. The van der Waals surface area contributed by atoms with Crippen molar-refractivity contribution >= 4 is 21.6 Å². The molecule has 8 heteroatoms. The number of aromatic nitrogens is 3. The molecule has 0 spiro atoms. The first-order valence-electron chi connectivity index (χ1n) is 4.53. The fourth-order valence-electron chi connectivity index (χ4n) is 1.41. The summed E-state index contributed by atoms with van der Waals surface area (Å²) in [5.74, 6) is 0. The van der Waals surface area contributed by atoms with Crippen molar-refractivity contribution in [3.63, 3.8) is 0 Å². The van der Waals surface area contributed by atoms with Crippen LogP contribution in [0.2, 0.25) is 0 Å². The van der Waals surface area contributed by atoms with Crippen LogP contribution in [0.4, 0.5) is 17.6 Å². The van der Waals surface area contributed by atoms with E-state index in [0.29, 0.717) is 16.2 Å². The van der Waals surface area contributed by atoms with Crippen LogP contribution in [0.1, 0.15) is 29.9 Å². The maximum absolute atomic E-state index is 12.7. The predicted molar refractivity (Wildman–Crippen MR) is 55.3 cm³/mol. The Kier molecular flexibility index (Phi) is 3.07. The van der Waals surface area contributed by atoms with Crippen LogP contribution < -0.4 is 0 Å². The molecule has 3 nitrogen and oxygen atoms in total. The molecule has 0 aliphatic rings. The number of fused-ring (bicyclic) bond motifs is 1. The van der Waals surface area contributed by atoms with E-state index in [9.17, 15) is 17.6 Å². The van der Waals surface area contributed by atoms with E-state index in [0.717, 1.165) is 4.52 Å². The Bertz CT molecular complexity index is 567. The van der Waals surface area contributed by atoms with Crippen molar-refractivity contribution in [2.75, 3.05) is 0 Å². The van der Waals surface area contributed by atoms with Crippen LogP contribution in [0.5, 0.6) is 0 Å². The minimum atomic E-state index is -2.90. The summed E-state index contributed by atoms with van der Waals surface area (Å²) in [6.45, 7) is 1.57. The summed E-state index contributed by atoms with van der Waals surface area (Å²) in [6, 6.07) is 0.668. The standard InChI is InChI=1S/C9H6BrF4N3/c1-3-6(10)9-15-4(7(11)12)2-5(8(13)14)17(9)16-3/h2,7-8H,1H3. The molecule has 0 amide bonds. The molecular weight excluding hydrogens is 306 g/mol. The van der Waals surface area contributed by atoms with Crippen molar-refractivity contribution in [3.05, 3.63) is 27.6 Å². The molecule has 0 saturated heterocycles. The highest BCUT2D eigenvalue weighted by molar-refractivity contribution is 9.10. The van der Waals surface area contributed by atoms with E-state index in [1.165, 1.54) is 0 Å². The lowest BCUT2D eigenvalue weighted by atomic mass is 10.3. The number of aryl methyl sites for hydroxylation is 1. The van der Waals surface area contributed by atoms with Gasteiger partial charge in [0.25, 0.3) is 12.9 Å². The molecule has 0 bridgehead atoms. The summed E-state index contributed by atoms with van der Waals surface area (Å²) in [7, 11) is 0. The Morgan fingerprint density at radius 2 is 1.88 bits per heavy atom. The first-order chi connectivity index (χ1) is 7.91. The Labute approximate surface area is 102 Å². The average molecular weight is 312 g/mol. The summed E-state index contributed by atoms with van der Waals surface area (Å²) >= 11 is 3.08. The van der Waals surface area contributed by atoms with Gasteiger partial charge in [0.2, 0.25) is 0 Å². The maximum atomic E-state index is 12.7. The average Bonchev–Trinajstić information content (AvgIpc) is 2.54. The monoisotopic (exact) mass is 311 g/mol. The van der Waals surface area contributed by atoms with Crippen molar-refractivity contribution in [2.24, 2.45) is 0 Å². The number of hydrogen-bond acceptors (Lipinski definition) is 2. The number of alkyl halides is 4. The molecule has 0 N–H and O–H groups in total. The van der Waals surface area contributed by atoms with Gasteiger partial charge in [-0.25, -0.2) is 27.1 Å². The lowest BCUT2D eigenvalue weighted by Gasteiger charge is -2.06. The quantitative estimate of drug-likeness (QED) is 0.792. The largest absolute Gasteiger partial charge is 0.280 e. The van der Waals surface area contributed by atoms with E-state index in [2.05, 4.69) is 26.0 Å². The van der Waals surface area contributed by atoms with Crippen molar-refractivity contribution < 1.29 is 17.6 Å².